The fraction of sp³-hybridized carbons (Fsp3) is 0.444. The van der Waals surface area contributed by atoms with E-state index in [4.69, 9.17) is 9.47 Å². The molecule has 27 heavy (non-hydrogen) atoms. The molecule has 0 aliphatic heterocycles. The summed E-state index contributed by atoms with van der Waals surface area (Å²) >= 11 is 0. The first-order chi connectivity index (χ1) is 12.7. The first-order valence-corrected chi connectivity index (χ1v) is 8.32. The highest BCUT2D eigenvalue weighted by molar-refractivity contribution is 5.87. The van der Waals surface area contributed by atoms with Gasteiger partial charge in [0.15, 0.2) is 23.2 Å². The minimum Gasteiger partial charge on any atom is -0.504 e. The minimum atomic E-state index is -2.06. The molecule has 9 nitrogen and oxygen atoms in total. The van der Waals surface area contributed by atoms with Gasteiger partial charge in [-0.25, -0.2) is 9.59 Å². The molecule has 0 aromatic heterocycles. The Balaban J connectivity index is 2.00. The smallest absolute Gasteiger partial charge is 0.338 e. The summed E-state index contributed by atoms with van der Waals surface area (Å²) in [6, 6.07) is 3.91. The van der Waals surface area contributed by atoms with E-state index in [1.54, 1.807) is 6.92 Å². The number of aliphatic hydroxyl groups excluding tert-OH is 2. The molecule has 2 atom stereocenters. The summed E-state index contributed by atoms with van der Waals surface area (Å²) in [6.45, 7) is 1.59. The third-order valence-electron chi connectivity index (χ3n) is 4.17. The molecule has 0 spiro atoms. The summed E-state index contributed by atoms with van der Waals surface area (Å²) in [5, 5.41) is 49.1. The van der Waals surface area contributed by atoms with E-state index in [1.807, 2.05) is 0 Å². The first-order valence-electron chi connectivity index (χ1n) is 8.32. The van der Waals surface area contributed by atoms with Gasteiger partial charge in [-0.2, -0.15) is 0 Å². The molecule has 0 heterocycles. The van der Waals surface area contributed by atoms with Gasteiger partial charge in [0.05, 0.1) is 18.8 Å². The molecular weight excluding hydrogens is 360 g/mol. The van der Waals surface area contributed by atoms with Gasteiger partial charge in [-0.05, 0) is 30.7 Å². The van der Waals surface area contributed by atoms with Crippen molar-refractivity contribution in [2.24, 2.45) is 0 Å². The number of aliphatic hydroxyl groups is 3. The van der Waals surface area contributed by atoms with Crippen molar-refractivity contribution in [1.82, 2.24) is 0 Å². The minimum absolute atomic E-state index is 0.0311. The van der Waals surface area contributed by atoms with E-state index >= 15 is 0 Å². The number of esters is 2. The summed E-state index contributed by atoms with van der Waals surface area (Å²) in [4.78, 5) is 23.7. The summed E-state index contributed by atoms with van der Waals surface area (Å²) in [6.07, 6.45) is -2.86. The van der Waals surface area contributed by atoms with Gasteiger partial charge in [0, 0.05) is 18.9 Å². The van der Waals surface area contributed by atoms with E-state index in [-0.39, 0.29) is 18.1 Å². The largest absolute Gasteiger partial charge is 0.504 e. The highest BCUT2D eigenvalue weighted by Gasteiger charge is 2.51. The van der Waals surface area contributed by atoms with Gasteiger partial charge in [0.2, 0.25) is 0 Å². The van der Waals surface area contributed by atoms with Gasteiger partial charge in [-0.3, -0.25) is 0 Å². The number of rotatable bonds is 5. The molecule has 0 bridgehead atoms. The number of ether oxygens (including phenoxy) is 2. The van der Waals surface area contributed by atoms with Crippen LogP contribution in [0.15, 0.2) is 24.3 Å². The molecule has 5 N–H and O–H groups in total. The van der Waals surface area contributed by atoms with Crippen molar-refractivity contribution in [2.75, 3.05) is 6.61 Å². The van der Waals surface area contributed by atoms with Crippen LogP contribution >= 0.6 is 0 Å². The Morgan fingerprint density at radius 3 is 2.37 bits per heavy atom. The van der Waals surface area contributed by atoms with E-state index < -0.39 is 48.7 Å². The van der Waals surface area contributed by atoms with Crippen molar-refractivity contribution < 1.29 is 44.6 Å². The second-order valence-corrected chi connectivity index (χ2v) is 6.28. The predicted molar refractivity (Wildman–Crippen MR) is 91.5 cm³/mol. The number of phenolic OH excluding ortho intramolecular Hbond substituents is 2. The maximum absolute atomic E-state index is 11.9. The Bertz CT molecular complexity index is 716. The zero-order valence-electron chi connectivity index (χ0n) is 14.6. The summed E-state index contributed by atoms with van der Waals surface area (Å²) < 4.78 is 9.76. The number of phenols is 2. The van der Waals surface area contributed by atoms with E-state index in [2.05, 4.69) is 0 Å². The summed E-state index contributed by atoms with van der Waals surface area (Å²) in [5.41, 5.74) is -1.65. The van der Waals surface area contributed by atoms with Gasteiger partial charge in [0.1, 0.15) is 0 Å². The van der Waals surface area contributed by atoms with Crippen LogP contribution in [0, 0.1) is 0 Å². The van der Waals surface area contributed by atoms with Crippen LogP contribution in [0.5, 0.6) is 11.5 Å². The lowest BCUT2D eigenvalue weighted by Gasteiger charge is -2.39. The number of hydrogen-bond acceptors (Lipinski definition) is 9. The molecular formula is C18H22O9. The Hall–Kier alpha value is -2.62. The normalized spacial score (nSPS) is 28.1. The maximum atomic E-state index is 11.9. The Morgan fingerprint density at radius 1 is 1.19 bits per heavy atom. The van der Waals surface area contributed by atoms with Gasteiger partial charge >= 0.3 is 11.9 Å². The van der Waals surface area contributed by atoms with Gasteiger partial charge in [-0.15, -0.1) is 0 Å². The molecule has 0 unspecified atom stereocenters. The number of carbonyl (C=O) groups excluding carboxylic acids is 2. The Morgan fingerprint density at radius 2 is 1.81 bits per heavy atom. The number of benzene rings is 1. The van der Waals surface area contributed by atoms with Gasteiger partial charge < -0.3 is 35.0 Å². The van der Waals surface area contributed by atoms with Crippen molar-refractivity contribution in [2.45, 2.75) is 43.7 Å². The quantitative estimate of drug-likeness (QED) is 0.265. The fourth-order valence-corrected chi connectivity index (χ4v) is 2.84. The zero-order chi connectivity index (χ0) is 20.2. The highest BCUT2D eigenvalue weighted by atomic mass is 16.6. The SMILES string of the molecule is CCOC(=O)C1(O)C[C@@H](O)C(OC(=O)C=Cc2ccc(O)c(O)c2)[C@H](O)C1. The molecule has 1 aliphatic carbocycles. The number of hydrogen-bond donors (Lipinski definition) is 5. The van der Waals surface area contributed by atoms with E-state index in [1.165, 1.54) is 24.3 Å². The van der Waals surface area contributed by atoms with Crippen LogP contribution in [0.4, 0.5) is 0 Å². The molecule has 2 rings (SSSR count). The molecule has 9 heteroatoms. The average Bonchev–Trinajstić information content (AvgIpc) is 2.59. The van der Waals surface area contributed by atoms with Crippen LogP contribution in [0.1, 0.15) is 25.3 Å². The average molecular weight is 382 g/mol. The molecule has 1 aromatic carbocycles. The van der Waals surface area contributed by atoms with Gasteiger partial charge in [-0.1, -0.05) is 6.07 Å². The number of aromatic hydroxyl groups is 2. The molecule has 0 saturated heterocycles. The zero-order valence-corrected chi connectivity index (χ0v) is 14.6. The second-order valence-electron chi connectivity index (χ2n) is 6.28. The lowest BCUT2D eigenvalue weighted by molar-refractivity contribution is -0.199. The fourth-order valence-electron chi connectivity index (χ4n) is 2.84. The summed E-state index contributed by atoms with van der Waals surface area (Å²) in [5.74, 6) is -2.51. The van der Waals surface area contributed by atoms with E-state index in [0.717, 1.165) is 6.08 Å². The molecule has 1 aliphatic rings. The molecule has 0 amide bonds. The van der Waals surface area contributed by atoms with E-state index in [0.29, 0.717) is 5.56 Å². The van der Waals surface area contributed by atoms with Gasteiger partial charge in [0.25, 0.3) is 0 Å². The lowest BCUT2D eigenvalue weighted by Crippen LogP contribution is -2.57. The molecule has 148 valence electrons. The standard InChI is InChI=1S/C18H22O9/c1-2-26-17(24)18(25)8-13(21)16(14(22)9-18)27-15(23)6-4-10-3-5-11(19)12(20)7-10/h3-7,13-14,16,19-22,25H,2,8-9H2,1H3/t13-,14-,16?,18?/m1/s1. The predicted octanol–water partition coefficient (Wildman–Crippen LogP) is -0.167. The molecule has 1 aromatic rings. The van der Waals surface area contributed by atoms with Crippen LogP contribution in [0.3, 0.4) is 0 Å². The molecule has 0 radical (unpaired) electrons. The van der Waals surface area contributed by atoms with Crippen molar-refractivity contribution in [3.05, 3.63) is 29.8 Å². The number of carbonyl (C=O) groups is 2. The van der Waals surface area contributed by atoms with Crippen LogP contribution < -0.4 is 0 Å². The highest BCUT2D eigenvalue weighted by Crippen LogP contribution is 2.32. The van der Waals surface area contributed by atoms with Crippen molar-refractivity contribution in [3.63, 3.8) is 0 Å². The molecule has 1 fully saturated rings. The van der Waals surface area contributed by atoms with E-state index in [9.17, 15) is 35.1 Å². The topological polar surface area (TPSA) is 154 Å². The monoisotopic (exact) mass is 382 g/mol. The van der Waals surface area contributed by atoms with Crippen molar-refractivity contribution in [1.29, 1.82) is 0 Å². The van der Waals surface area contributed by atoms with Crippen molar-refractivity contribution >= 4 is 18.0 Å². The van der Waals surface area contributed by atoms with Crippen LogP contribution in [0.2, 0.25) is 0 Å². The van der Waals surface area contributed by atoms with Crippen LogP contribution in [0.25, 0.3) is 6.08 Å². The van der Waals surface area contributed by atoms with Crippen LogP contribution in [-0.2, 0) is 19.1 Å². The Labute approximate surface area is 155 Å². The molecule has 1 saturated carbocycles. The Kier molecular flexibility index (Phi) is 6.42. The third-order valence-corrected chi connectivity index (χ3v) is 4.17. The summed E-state index contributed by atoms with van der Waals surface area (Å²) in [7, 11) is 0. The first kappa shape index (κ1) is 20.7. The lowest BCUT2D eigenvalue weighted by atomic mass is 9.79. The van der Waals surface area contributed by atoms with Crippen molar-refractivity contribution in [3.8, 4) is 11.5 Å². The van der Waals surface area contributed by atoms with Crippen LogP contribution in [-0.4, -0.2) is 68.0 Å². The maximum Gasteiger partial charge on any atom is 0.338 e. The third kappa shape index (κ3) is 4.97. The second kappa shape index (κ2) is 8.38.